The van der Waals surface area contributed by atoms with Gasteiger partial charge in [0.15, 0.2) is 0 Å². The van der Waals surface area contributed by atoms with Crippen LogP contribution in [0.3, 0.4) is 0 Å². The molecule has 3 heteroatoms. The third kappa shape index (κ3) is 7.90. The van der Waals surface area contributed by atoms with Gasteiger partial charge in [0.25, 0.3) is 0 Å². The molecular formula is C32H36N2O. The molecular weight excluding hydrogens is 428 g/mol. The number of benzene rings is 4. The van der Waals surface area contributed by atoms with Crippen LogP contribution in [-0.4, -0.2) is 28.2 Å². The summed E-state index contributed by atoms with van der Waals surface area (Å²) in [5.74, 6) is 0. The van der Waals surface area contributed by atoms with Crippen LogP contribution >= 0.6 is 0 Å². The smallest absolute Gasteiger partial charge is 0.0713 e. The van der Waals surface area contributed by atoms with Crippen molar-refractivity contribution >= 4 is 0 Å². The predicted molar refractivity (Wildman–Crippen MR) is 145 cm³/mol. The second-order valence-electron chi connectivity index (χ2n) is 9.39. The monoisotopic (exact) mass is 464 g/mol. The normalized spacial score (nSPS) is 13.9. The number of rotatable bonds is 12. The highest BCUT2D eigenvalue weighted by Gasteiger charge is 2.28. The molecule has 3 N–H and O–H groups in total. The maximum atomic E-state index is 11.6. The van der Waals surface area contributed by atoms with Crippen LogP contribution in [0.15, 0.2) is 121 Å². The Morgan fingerprint density at radius 3 is 1.34 bits per heavy atom. The van der Waals surface area contributed by atoms with E-state index in [2.05, 4.69) is 89.8 Å². The zero-order valence-electron chi connectivity index (χ0n) is 20.3. The number of hydrogen-bond donors (Lipinski definition) is 2. The third-order valence-corrected chi connectivity index (χ3v) is 6.54. The van der Waals surface area contributed by atoms with Crippen molar-refractivity contribution in [3.05, 3.63) is 144 Å². The average Bonchev–Trinajstić information content (AvgIpc) is 2.89. The van der Waals surface area contributed by atoms with Gasteiger partial charge >= 0.3 is 0 Å². The summed E-state index contributed by atoms with van der Waals surface area (Å²) in [5, 5.41) is 11.6. The maximum absolute atomic E-state index is 11.6. The van der Waals surface area contributed by atoms with Gasteiger partial charge in [0.2, 0.25) is 0 Å². The van der Waals surface area contributed by atoms with Crippen LogP contribution in [-0.2, 0) is 25.9 Å². The molecule has 0 saturated carbocycles. The SMILES string of the molecule is N[C@H](Cc1ccccc1)C[C@H](O)[C@@H](Cc1ccccc1)N(Cc1ccccc1)Cc1ccccc1. The number of aliphatic hydroxyl groups is 1. The van der Waals surface area contributed by atoms with Crippen molar-refractivity contribution in [2.45, 2.75) is 50.5 Å². The molecule has 4 aromatic carbocycles. The molecule has 3 nitrogen and oxygen atoms in total. The molecule has 0 amide bonds. The van der Waals surface area contributed by atoms with Gasteiger partial charge in [-0.2, -0.15) is 0 Å². The van der Waals surface area contributed by atoms with E-state index in [-0.39, 0.29) is 12.1 Å². The Balaban J connectivity index is 1.58. The van der Waals surface area contributed by atoms with Crippen LogP contribution in [0.4, 0.5) is 0 Å². The van der Waals surface area contributed by atoms with E-state index in [1.807, 2.05) is 36.4 Å². The Bertz CT molecular complexity index is 1060. The number of hydrogen-bond acceptors (Lipinski definition) is 3. The second-order valence-corrected chi connectivity index (χ2v) is 9.39. The molecule has 0 radical (unpaired) electrons. The van der Waals surface area contributed by atoms with Crippen LogP contribution < -0.4 is 5.73 Å². The summed E-state index contributed by atoms with van der Waals surface area (Å²) in [6.07, 6.45) is 1.51. The van der Waals surface area contributed by atoms with Crippen LogP contribution in [0.25, 0.3) is 0 Å². The van der Waals surface area contributed by atoms with Crippen LogP contribution in [0.5, 0.6) is 0 Å². The van der Waals surface area contributed by atoms with Crippen LogP contribution in [0.2, 0.25) is 0 Å². The van der Waals surface area contributed by atoms with E-state index in [1.165, 1.54) is 22.3 Å². The van der Waals surface area contributed by atoms with Crippen molar-refractivity contribution in [1.82, 2.24) is 4.90 Å². The first kappa shape index (κ1) is 24.9. The van der Waals surface area contributed by atoms with Gasteiger partial charge in [0.05, 0.1) is 6.10 Å². The van der Waals surface area contributed by atoms with Gasteiger partial charge in [-0.3, -0.25) is 4.90 Å². The molecule has 180 valence electrons. The summed E-state index contributed by atoms with van der Waals surface area (Å²) < 4.78 is 0. The molecule has 35 heavy (non-hydrogen) atoms. The topological polar surface area (TPSA) is 49.5 Å². The minimum Gasteiger partial charge on any atom is -0.391 e. The fraction of sp³-hybridized carbons (Fsp3) is 0.250. The van der Waals surface area contributed by atoms with E-state index >= 15 is 0 Å². The first-order valence-corrected chi connectivity index (χ1v) is 12.5. The van der Waals surface area contributed by atoms with Gasteiger partial charge < -0.3 is 10.8 Å². The van der Waals surface area contributed by atoms with Gasteiger partial charge in [-0.1, -0.05) is 121 Å². The maximum Gasteiger partial charge on any atom is 0.0713 e. The van der Waals surface area contributed by atoms with Crippen molar-refractivity contribution in [2.24, 2.45) is 5.73 Å². The molecule has 0 aliphatic heterocycles. The van der Waals surface area contributed by atoms with Gasteiger partial charge in [-0.05, 0) is 41.5 Å². The molecule has 4 aromatic rings. The molecule has 0 heterocycles. The molecule has 0 fully saturated rings. The largest absolute Gasteiger partial charge is 0.391 e. The Morgan fingerprint density at radius 2 is 0.914 bits per heavy atom. The van der Waals surface area contributed by atoms with Crippen molar-refractivity contribution in [2.75, 3.05) is 0 Å². The lowest BCUT2D eigenvalue weighted by molar-refractivity contribution is 0.0301. The highest BCUT2D eigenvalue weighted by molar-refractivity contribution is 5.20. The van der Waals surface area contributed by atoms with E-state index in [0.29, 0.717) is 6.42 Å². The van der Waals surface area contributed by atoms with E-state index in [4.69, 9.17) is 5.73 Å². The molecule has 0 unspecified atom stereocenters. The van der Waals surface area contributed by atoms with E-state index in [9.17, 15) is 5.11 Å². The van der Waals surface area contributed by atoms with Gasteiger partial charge in [0.1, 0.15) is 0 Å². The summed E-state index contributed by atoms with van der Waals surface area (Å²) in [6, 6.07) is 41.6. The average molecular weight is 465 g/mol. The molecule has 0 aromatic heterocycles. The van der Waals surface area contributed by atoms with Gasteiger partial charge in [-0.15, -0.1) is 0 Å². The Morgan fingerprint density at radius 1 is 0.543 bits per heavy atom. The van der Waals surface area contributed by atoms with Crippen molar-refractivity contribution in [1.29, 1.82) is 0 Å². The Kier molecular flexibility index (Phi) is 9.24. The minimum absolute atomic E-state index is 0.0698. The summed E-state index contributed by atoms with van der Waals surface area (Å²) in [7, 11) is 0. The summed E-state index contributed by atoms with van der Waals surface area (Å²) in [5.41, 5.74) is 11.5. The van der Waals surface area contributed by atoms with E-state index < -0.39 is 6.10 Å². The number of nitrogens with zero attached hydrogens (tertiary/aromatic N) is 1. The zero-order chi connectivity index (χ0) is 24.3. The third-order valence-electron chi connectivity index (χ3n) is 6.54. The lowest BCUT2D eigenvalue weighted by Gasteiger charge is -2.36. The molecule has 0 aliphatic rings. The van der Waals surface area contributed by atoms with Crippen LogP contribution in [0, 0.1) is 0 Å². The molecule has 0 bridgehead atoms. The zero-order valence-corrected chi connectivity index (χ0v) is 20.3. The lowest BCUT2D eigenvalue weighted by atomic mass is 9.92. The summed E-state index contributed by atoms with van der Waals surface area (Å²) >= 11 is 0. The molecule has 0 saturated heterocycles. The summed E-state index contributed by atoms with van der Waals surface area (Å²) in [6.45, 7) is 1.52. The van der Waals surface area contributed by atoms with Gasteiger partial charge in [0, 0.05) is 25.2 Å². The van der Waals surface area contributed by atoms with Crippen molar-refractivity contribution in [3.63, 3.8) is 0 Å². The number of nitrogens with two attached hydrogens (primary N) is 1. The molecule has 4 rings (SSSR count). The van der Waals surface area contributed by atoms with Crippen molar-refractivity contribution in [3.8, 4) is 0 Å². The minimum atomic E-state index is -0.554. The molecule has 0 spiro atoms. The Hall–Kier alpha value is -3.24. The fourth-order valence-electron chi connectivity index (χ4n) is 4.76. The Labute approximate surface area is 209 Å². The standard InChI is InChI=1S/C32H36N2O/c33-30(21-26-13-5-1-6-14-26)23-32(35)31(22-27-15-7-2-8-16-27)34(24-28-17-9-3-10-18-28)25-29-19-11-4-12-20-29/h1-20,30-32,35H,21-25,33H2/t30-,31-,32+/m1/s1. The van der Waals surface area contributed by atoms with Gasteiger partial charge in [-0.25, -0.2) is 0 Å². The van der Waals surface area contributed by atoms with E-state index in [0.717, 1.165) is 25.9 Å². The lowest BCUT2D eigenvalue weighted by Crippen LogP contribution is -2.46. The van der Waals surface area contributed by atoms with E-state index in [1.54, 1.807) is 0 Å². The molecule has 0 aliphatic carbocycles. The first-order valence-electron chi connectivity index (χ1n) is 12.5. The fourth-order valence-corrected chi connectivity index (χ4v) is 4.76. The summed E-state index contributed by atoms with van der Waals surface area (Å²) in [4.78, 5) is 2.41. The first-order chi connectivity index (χ1) is 17.2. The van der Waals surface area contributed by atoms with Crippen molar-refractivity contribution < 1.29 is 5.11 Å². The highest BCUT2D eigenvalue weighted by atomic mass is 16.3. The quantitative estimate of drug-likeness (QED) is 0.286. The second kappa shape index (κ2) is 13.0. The van der Waals surface area contributed by atoms with Crippen LogP contribution in [0.1, 0.15) is 28.7 Å². The predicted octanol–water partition coefficient (Wildman–Crippen LogP) is 5.62. The number of aliphatic hydroxyl groups excluding tert-OH is 1. The molecule has 3 atom stereocenters. The highest BCUT2D eigenvalue weighted by Crippen LogP contribution is 2.22.